The molecule has 6 atom stereocenters. The third-order valence-electron chi connectivity index (χ3n) is 6.83. The Balaban J connectivity index is 1.84. The van der Waals surface area contributed by atoms with E-state index in [9.17, 15) is 20.4 Å². The molecule has 0 spiro atoms. The van der Waals surface area contributed by atoms with Gasteiger partial charge in [-0.05, 0) is 73.8 Å². The smallest absolute Gasteiger partial charge is 0.0804 e. The average Bonchev–Trinajstić information content (AvgIpc) is 2.91. The first-order valence-electron chi connectivity index (χ1n) is 9.58. The second-order valence-corrected chi connectivity index (χ2v) is 8.47. The van der Waals surface area contributed by atoms with Gasteiger partial charge in [0, 0.05) is 0 Å². The molecular weight excluding hydrogens is 316 g/mol. The zero-order valence-corrected chi connectivity index (χ0v) is 15.4. The molecule has 0 aromatic rings. The van der Waals surface area contributed by atoms with Crippen LogP contribution in [-0.4, -0.2) is 45.3 Å². The van der Waals surface area contributed by atoms with Crippen molar-refractivity contribution in [3.8, 4) is 0 Å². The molecule has 1 fully saturated rings. The fraction of sp³-hybridized carbons (Fsp3) is 0.714. The number of rotatable bonds is 4. The molecule has 140 valence electrons. The molecule has 3 aliphatic carbocycles. The maximum atomic E-state index is 10.4. The number of aliphatic hydroxyl groups excluding tert-OH is 4. The third kappa shape index (κ3) is 3.63. The minimum atomic E-state index is -0.719. The summed E-state index contributed by atoms with van der Waals surface area (Å²) in [7, 11) is 0. The maximum Gasteiger partial charge on any atom is 0.0804 e. The Hall–Kier alpha value is -0.940. The highest BCUT2D eigenvalue weighted by atomic mass is 16.3. The molecule has 0 heterocycles. The lowest BCUT2D eigenvalue weighted by Crippen LogP contribution is -2.42. The number of hydrogen-bond acceptors (Lipinski definition) is 4. The van der Waals surface area contributed by atoms with Crippen LogP contribution in [0.2, 0.25) is 0 Å². The second kappa shape index (κ2) is 7.36. The van der Waals surface area contributed by atoms with Gasteiger partial charge in [-0.15, -0.1) is 0 Å². The van der Waals surface area contributed by atoms with E-state index in [4.69, 9.17) is 0 Å². The molecule has 25 heavy (non-hydrogen) atoms. The van der Waals surface area contributed by atoms with Crippen molar-refractivity contribution in [2.45, 2.75) is 70.7 Å². The molecule has 0 aromatic carbocycles. The van der Waals surface area contributed by atoms with Gasteiger partial charge in [0.2, 0.25) is 0 Å². The molecule has 3 rings (SSSR count). The summed E-state index contributed by atoms with van der Waals surface area (Å²) < 4.78 is 0. The van der Waals surface area contributed by atoms with Gasteiger partial charge in [-0.25, -0.2) is 0 Å². The molecule has 0 saturated heterocycles. The third-order valence-corrected chi connectivity index (χ3v) is 6.83. The van der Waals surface area contributed by atoms with Crippen LogP contribution in [0.1, 0.15) is 52.4 Å². The van der Waals surface area contributed by atoms with Crippen molar-refractivity contribution in [1.82, 2.24) is 0 Å². The summed E-state index contributed by atoms with van der Waals surface area (Å²) in [4.78, 5) is 0. The van der Waals surface area contributed by atoms with Gasteiger partial charge >= 0.3 is 0 Å². The van der Waals surface area contributed by atoms with Crippen LogP contribution in [0.4, 0.5) is 0 Å². The zero-order valence-electron chi connectivity index (χ0n) is 15.4. The van der Waals surface area contributed by atoms with E-state index in [1.165, 1.54) is 11.1 Å². The van der Waals surface area contributed by atoms with E-state index in [-0.39, 0.29) is 24.0 Å². The van der Waals surface area contributed by atoms with E-state index in [0.717, 1.165) is 31.3 Å². The molecule has 4 N–H and O–H groups in total. The van der Waals surface area contributed by atoms with E-state index < -0.39 is 12.2 Å². The van der Waals surface area contributed by atoms with Crippen LogP contribution in [-0.2, 0) is 0 Å². The van der Waals surface area contributed by atoms with Gasteiger partial charge in [0.05, 0.1) is 24.9 Å². The molecule has 4 heteroatoms. The summed E-state index contributed by atoms with van der Waals surface area (Å²) in [5, 5.41) is 39.9. The van der Waals surface area contributed by atoms with Crippen molar-refractivity contribution < 1.29 is 20.4 Å². The molecule has 3 aliphatic rings. The van der Waals surface area contributed by atoms with Gasteiger partial charge in [0.25, 0.3) is 0 Å². The van der Waals surface area contributed by atoms with Crippen molar-refractivity contribution in [1.29, 1.82) is 0 Å². The quantitative estimate of drug-likeness (QED) is 0.629. The molecule has 4 nitrogen and oxygen atoms in total. The van der Waals surface area contributed by atoms with Crippen LogP contribution in [0.25, 0.3) is 0 Å². The molecule has 0 radical (unpaired) electrons. The van der Waals surface area contributed by atoms with Crippen LogP contribution in [0.3, 0.4) is 0 Å². The van der Waals surface area contributed by atoms with Gasteiger partial charge in [-0.2, -0.15) is 0 Å². The Kier molecular flexibility index (Phi) is 5.54. The number of hydrogen-bond donors (Lipinski definition) is 4. The van der Waals surface area contributed by atoms with Crippen molar-refractivity contribution >= 4 is 0 Å². The zero-order chi connectivity index (χ0) is 18.2. The summed E-state index contributed by atoms with van der Waals surface area (Å²) >= 11 is 0. The molecule has 0 unspecified atom stereocenters. The normalized spacial score (nSPS) is 40.3. The predicted octanol–water partition coefficient (Wildman–Crippen LogP) is 2.48. The largest absolute Gasteiger partial charge is 0.394 e. The lowest BCUT2D eigenvalue weighted by Gasteiger charge is -2.43. The van der Waals surface area contributed by atoms with Crippen molar-refractivity contribution in [2.24, 2.45) is 17.3 Å². The van der Waals surface area contributed by atoms with E-state index in [1.807, 2.05) is 6.08 Å². The van der Waals surface area contributed by atoms with E-state index in [1.54, 1.807) is 0 Å². The Morgan fingerprint density at radius 2 is 2.00 bits per heavy atom. The number of allylic oxidation sites excluding steroid dienone is 4. The van der Waals surface area contributed by atoms with Crippen LogP contribution < -0.4 is 0 Å². The van der Waals surface area contributed by atoms with Crippen molar-refractivity contribution in [2.75, 3.05) is 6.61 Å². The Bertz CT molecular complexity index is 591. The molecule has 0 amide bonds. The van der Waals surface area contributed by atoms with E-state index in [2.05, 4.69) is 26.0 Å². The maximum absolute atomic E-state index is 10.4. The second-order valence-electron chi connectivity index (χ2n) is 8.47. The van der Waals surface area contributed by atoms with Crippen LogP contribution in [0.15, 0.2) is 34.9 Å². The van der Waals surface area contributed by atoms with Gasteiger partial charge in [0.1, 0.15) is 0 Å². The predicted molar refractivity (Wildman–Crippen MR) is 97.8 cm³/mol. The standard InChI is InChI=1S/C21H32O4/c1-13-3-6-16(23)9-14(13)4-5-15-10-17(24)11-21(2)18(15)7-8-19(21)20(25)12-22/h4-5,10,16-20,22-25H,3,6-9,11-12H2,1-2H3/t16-,17+,18-,19+,20-,21-/m0/s1. The summed E-state index contributed by atoms with van der Waals surface area (Å²) in [6.07, 6.45) is 9.64. The van der Waals surface area contributed by atoms with Crippen LogP contribution in [0, 0.1) is 17.3 Å². The summed E-state index contributed by atoms with van der Waals surface area (Å²) in [5.41, 5.74) is 3.48. The highest BCUT2D eigenvalue weighted by Gasteiger charge is 2.52. The van der Waals surface area contributed by atoms with Crippen molar-refractivity contribution in [3.05, 3.63) is 34.9 Å². The summed E-state index contributed by atoms with van der Waals surface area (Å²) in [5.74, 6) is 0.319. The molecule has 0 aliphatic heterocycles. The topological polar surface area (TPSA) is 80.9 Å². The average molecular weight is 348 g/mol. The number of aliphatic hydroxyl groups is 4. The molecule has 0 bridgehead atoms. The fourth-order valence-electron chi connectivity index (χ4n) is 5.36. The first-order valence-corrected chi connectivity index (χ1v) is 9.58. The van der Waals surface area contributed by atoms with E-state index >= 15 is 0 Å². The first kappa shape index (κ1) is 18.8. The van der Waals surface area contributed by atoms with Gasteiger partial charge in [-0.3, -0.25) is 0 Å². The van der Waals surface area contributed by atoms with Gasteiger partial charge < -0.3 is 20.4 Å². The molecular formula is C21H32O4. The Morgan fingerprint density at radius 1 is 1.24 bits per heavy atom. The number of fused-ring (bicyclic) bond motifs is 1. The highest BCUT2D eigenvalue weighted by Crippen LogP contribution is 2.57. The van der Waals surface area contributed by atoms with Crippen molar-refractivity contribution in [3.63, 3.8) is 0 Å². The van der Waals surface area contributed by atoms with Gasteiger partial charge in [0.15, 0.2) is 0 Å². The van der Waals surface area contributed by atoms with Crippen LogP contribution in [0.5, 0.6) is 0 Å². The minimum absolute atomic E-state index is 0.0201. The monoisotopic (exact) mass is 348 g/mol. The van der Waals surface area contributed by atoms with Gasteiger partial charge in [-0.1, -0.05) is 30.7 Å². The lowest BCUT2D eigenvalue weighted by atomic mass is 9.63. The first-order chi connectivity index (χ1) is 11.8. The lowest BCUT2D eigenvalue weighted by molar-refractivity contribution is -0.0237. The Labute approximate surface area is 150 Å². The highest BCUT2D eigenvalue weighted by molar-refractivity contribution is 5.37. The summed E-state index contributed by atoms with van der Waals surface area (Å²) in [6, 6.07) is 0. The van der Waals surface area contributed by atoms with E-state index in [0.29, 0.717) is 18.8 Å². The molecule has 1 saturated carbocycles. The SMILES string of the molecule is CC1=C(C=CC2=C[C@@H](O)C[C@]3(C)[C@@H]([C@@H](O)CO)CC[C@@H]23)C[C@@H](O)CC1. The minimum Gasteiger partial charge on any atom is -0.394 e. The van der Waals surface area contributed by atoms with Crippen LogP contribution >= 0.6 is 0 Å². The fourth-order valence-corrected chi connectivity index (χ4v) is 5.36. The Morgan fingerprint density at radius 3 is 2.72 bits per heavy atom. The molecule has 0 aromatic heterocycles. The summed E-state index contributed by atoms with van der Waals surface area (Å²) in [6.45, 7) is 4.05.